The van der Waals surface area contributed by atoms with E-state index in [9.17, 15) is 0 Å². The molecular formula is C18H21N5OS2. The van der Waals surface area contributed by atoms with Gasteiger partial charge in [-0.1, -0.05) is 0 Å². The van der Waals surface area contributed by atoms with Gasteiger partial charge in [-0.2, -0.15) is 4.37 Å². The zero-order chi connectivity index (χ0) is 17.8. The molecule has 6 nitrogen and oxygen atoms in total. The fraction of sp³-hybridized carbons (Fsp3) is 0.444. The first-order valence-corrected chi connectivity index (χ1v) is 10.4. The Bertz CT molecular complexity index is 827. The normalized spacial score (nSPS) is 15.5. The van der Waals surface area contributed by atoms with E-state index < -0.39 is 0 Å². The highest BCUT2D eigenvalue weighted by atomic mass is 32.1. The quantitative estimate of drug-likeness (QED) is 0.644. The minimum absolute atomic E-state index is 0.535. The lowest BCUT2D eigenvalue weighted by atomic mass is 9.98. The number of hydrogen-bond acceptors (Lipinski definition) is 8. The Kier molecular flexibility index (Phi) is 5.52. The van der Waals surface area contributed by atoms with Gasteiger partial charge in [0.15, 0.2) is 0 Å². The number of methoxy groups -OCH3 is 1. The molecule has 1 aliphatic rings. The molecule has 1 saturated heterocycles. The molecule has 0 spiro atoms. The van der Waals surface area contributed by atoms with Crippen molar-refractivity contribution in [3.63, 3.8) is 0 Å². The molecule has 1 fully saturated rings. The Balaban J connectivity index is 1.36. The molecule has 0 N–H and O–H groups in total. The summed E-state index contributed by atoms with van der Waals surface area (Å²) in [6.07, 6.45) is 6.62. The van der Waals surface area contributed by atoms with Crippen molar-refractivity contribution in [1.29, 1.82) is 0 Å². The molecule has 0 atom stereocenters. The minimum atomic E-state index is 0.535. The molecule has 0 radical (unpaired) electrons. The van der Waals surface area contributed by atoms with Gasteiger partial charge in [0.25, 0.3) is 0 Å². The topological polar surface area (TPSA) is 64.0 Å². The van der Waals surface area contributed by atoms with Crippen LogP contribution in [0.4, 0.5) is 5.13 Å². The fourth-order valence-corrected chi connectivity index (χ4v) is 4.88. The molecule has 4 rings (SSSR count). The average Bonchev–Trinajstić information content (AvgIpc) is 3.37. The van der Waals surface area contributed by atoms with Crippen LogP contribution in [-0.2, 0) is 11.2 Å². The molecule has 0 aliphatic carbocycles. The number of anilines is 1. The number of ether oxygens (including phenoxy) is 1. The molecule has 8 heteroatoms. The van der Waals surface area contributed by atoms with Crippen molar-refractivity contribution in [1.82, 2.24) is 19.3 Å². The van der Waals surface area contributed by atoms with Gasteiger partial charge < -0.3 is 9.64 Å². The second-order valence-electron chi connectivity index (χ2n) is 6.30. The minimum Gasteiger partial charge on any atom is -0.384 e. The number of hydrogen-bond donors (Lipinski definition) is 0. The highest BCUT2D eigenvalue weighted by Crippen LogP contribution is 2.34. The number of pyridine rings is 1. The van der Waals surface area contributed by atoms with Crippen LogP contribution in [0.25, 0.3) is 11.3 Å². The maximum absolute atomic E-state index is 5.10. The molecule has 1 aliphatic heterocycles. The molecule has 0 aromatic carbocycles. The summed E-state index contributed by atoms with van der Waals surface area (Å²) in [5.74, 6) is 1.42. The van der Waals surface area contributed by atoms with E-state index >= 15 is 0 Å². The van der Waals surface area contributed by atoms with Gasteiger partial charge in [-0.3, -0.25) is 4.98 Å². The summed E-state index contributed by atoms with van der Waals surface area (Å²) in [5.41, 5.74) is 2.19. The summed E-state index contributed by atoms with van der Waals surface area (Å²) in [6, 6.07) is 4.02. The van der Waals surface area contributed by atoms with Gasteiger partial charge in [0.1, 0.15) is 5.82 Å². The molecule has 136 valence electrons. The Labute approximate surface area is 161 Å². The van der Waals surface area contributed by atoms with Crippen molar-refractivity contribution in [2.45, 2.75) is 25.2 Å². The standard InChI is InChI=1S/C18H21N5OS2/c1-24-11-6-16-21-18(26-22-16)23-9-4-14(5-10-23)17-20-15(12-25-17)13-2-7-19-8-3-13/h2-3,7-8,12,14H,4-6,9-11H2,1H3. The number of piperidine rings is 1. The van der Waals surface area contributed by atoms with E-state index in [1.807, 2.05) is 24.5 Å². The second kappa shape index (κ2) is 8.20. The molecule has 0 amide bonds. The molecule has 4 heterocycles. The third-order valence-electron chi connectivity index (χ3n) is 4.60. The number of aromatic nitrogens is 4. The van der Waals surface area contributed by atoms with Gasteiger partial charge >= 0.3 is 0 Å². The maximum Gasteiger partial charge on any atom is 0.205 e. The van der Waals surface area contributed by atoms with Gasteiger partial charge in [0.2, 0.25) is 5.13 Å². The Morgan fingerprint density at radius 1 is 1.19 bits per heavy atom. The van der Waals surface area contributed by atoms with Crippen molar-refractivity contribution in [2.75, 3.05) is 31.7 Å². The Hall–Kier alpha value is -1.90. The zero-order valence-electron chi connectivity index (χ0n) is 14.7. The monoisotopic (exact) mass is 387 g/mol. The zero-order valence-corrected chi connectivity index (χ0v) is 16.3. The van der Waals surface area contributed by atoms with Gasteiger partial charge in [0, 0.05) is 67.4 Å². The van der Waals surface area contributed by atoms with E-state index in [1.54, 1.807) is 18.4 Å². The van der Waals surface area contributed by atoms with E-state index in [1.165, 1.54) is 16.5 Å². The molecule has 26 heavy (non-hydrogen) atoms. The molecule has 0 unspecified atom stereocenters. The average molecular weight is 388 g/mol. The van der Waals surface area contributed by atoms with Crippen LogP contribution >= 0.6 is 22.9 Å². The van der Waals surface area contributed by atoms with Crippen LogP contribution in [0.2, 0.25) is 0 Å². The molecule has 0 saturated carbocycles. The van der Waals surface area contributed by atoms with E-state index in [2.05, 4.69) is 24.6 Å². The summed E-state index contributed by atoms with van der Waals surface area (Å²) in [7, 11) is 1.71. The summed E-state index contributed by atoms with van der Waals surface area (Å²) in [6.45, 7) is 2.68. The summed E-state index contributed by atoms with van der Waals surface area (Å²) in [5, 5.41) is 4.44. The molecule has 3 aromatic rings. The lowest BCUT2D eigenvalue weighted by Crippen LogP contribution is -2.32. The van der Waals surface area contributed by atoms with Crippen LogP contribution in [0.5, 0.6) is 0 Å². The SMILES string of the molecule is COCCc1nsc(N2CCC(c3nc(-c4ccncc4)cs3)CC2)n1. The first-order chi connectivity index (χ1) is 12.8. The molecular weight excluding hydrogens is 366 g/mol. The lowest BCUT2D eigenvalue weighted by Gasteiger charge is -2.30. The number of nitrogens with zero attached hydrogens (tertiary/aromatic N) is 5. The van der Waals surface area contributed by atoms with Crippen molar-refractivity contribution in [3.05, 3.63) is 40.7 Å². The van der Waals surface area contributed by atoms with Crippen LogP contribution in [0, 0.1) is 0 Å². The molecule has 3 aromatic heterocycles. The third-order valence-corrected chi connectivity index (χ3v) is 6.42. The van der Waals surface area contributed by atoms with Gasteiger partial charge in [0.05, 0.1) is 17.3 Å². The maximum atomic E-state index is 5.10. The fourth-order valence-electron chi connectivity index (χ4n) is 3.12. The van der Waals surface area contributed by atoms with Gasteiger partial charge in [-0.05, 0) is 25.0 Å². The van der Waals surface area contributed by atoms with Crippen LogP contribution in [-0.4, -0.2) is 46.1 Å². The van der Waals surface area contributed by atoms with Crippen LogP contribution < -0.4 is 4.90 Å². The largest absolute Gasteiger partial charge is 0.384 e. The van der Waals surface area contributed by atoms with Gasteiger partial charge in [-0.25, -0.2) is 9.97 Å². The van der Waals surface area contributed by atoms with Crippen molar-refractivity contribution >= 4 is 28.0 Å². The van der Waals surface area contributed by atoms with Crippen molar-refractivity contribution in [3.8, 4) is 11.3 Å². The highest BCUT2D eigenvalue weighted by Gasteiger charge is 2.25. The van der Waals surface area contributed by atoms with Gasteiger partial charge in [-0.15, -0.1) is 11.3 Å². The van der Waals surface area contributed by atoms with E-state index in [4.69, 9.17) is 9.72 Å². The lowest BCUT2D eigenvalue weighted by molar-refractivity contribution is 0.201. The number of thiazole rings is 1. The van der Waals surface area contributed by atoms with E-state index in [0.717, 1.165) is 54.6 Å². The van der Waals surface area contributed by atoms with E-state index in [0.29, 0.717) is 12.5 Å². The number of rotatable bonds is 6. The highest BCUT2D eigenvalue weighted by molar-refractivity contribution is 7.10. The second-order valence-corrected chi connectivity index (χ2v) is 7.92. The van der Waals surface area contributed by atoms with Crippen molar-refractivity contribution in [2.24, 2.45) is 0 Å². The summed E-state index contributed by atoms with van der Waals surface area (Å²) >= 11 is 3.27. The van der Waals surface area contributed by atoms with Crippen LogP contribution in [0.1, 0.15) is 29.6 Å². The predicted molar refractivity (Wildman–Crippen MR) is 105 cm³/mol. The summed E-state index contributed by atoms with van der Waals surface area (Å²) < 4.78 is 9.54. The first kappa shape index (κ1) is 17.5. The van der Waals surface area contributed by atoms with Crippen LogP contribution in [0.15, 0.2) is 29.9 Å². The third kappa shape index (κ3) is 3.92. The van der Waals surface area contributed by atoms with E-state index in [-0.39, 0.29) is 0 Å². The Morgan fingerprint density at radius 2 is 2.00 bits per heavy atom. The molecule has 0 bridgehead atoms. The van der Waals surface area contributed by atoms with Crippen molar-refractivity contribution < 1.29 is 4.74 Å². The Morgan fingerprint density at radius 3 is 2.77 bits per heavy atom. The predicted octanol–water partition coefficient (Wildman–Crippen LogP) is 3.63. The first-order valence-electron chi connectivity index (χ1n) is 8.76. The smallest absolute Gasteiger partial charge is 0.205 e. The summed E-state index contributed by atoms with van der Waals surface area (Å²) in [4.78, 5) is 15.9. The van der Waals surface area contributed by atoms with Crippen LogP contribution in [0.3, 0.4) is 0 Å².